The summed E-state index contributed by atoms with van der Waals surface area (Å²) in [5, 5.41) is 0. The number of H-pyrrole nitrogens is 1. The molecule has 2 N–H and O–H groups in total. The highest BCUT2D eigenvalue weighted by Gasteiger charge is 2.14. The predicted octanol–water partition coefficient (Wildman–Crippen LogP) is 2.25. The molecule has 0 saturated carbocycles. The van der Waals surface area contributed by atoms with Gasteiger partial charge in [-0.05, 0) is 36.8 Å². The normalized spacial score (nSPS) is 11.3. The van der Waals surface area contributed by atoms with Gasteiger partial charge in [0.1, 0.15) is 4.90 Å². The van der Waals surface area contributed by atoms with Gasteiger partial charge in [0.05, 0.1) is 0 Å². The van der Waals surface area contributed by atoms with Crippen molar-refractivity contribution >= 4 is 31.6 Å². The second-order valence-electron chi connectivity index (χ2n) is 3.96. The van der Waals surface area contributed by atoms with Crippen molar-refractivity contribution in [1.82, 2.24) is 4.98 Å². The molecule has 0 aliphatic heterocycles. The number of aryl methyl sites for hydroxylation is 1. The van der Waals surface area contributed by atoms with Crippen molar-refractivity contribution < 1.29 is 8.42 Å². The van der Waals surface area contributed by atoms with E-state index in [1.807, 2.05) is 6.92 Å². The zero-order valence-electron chi connectivity index (χ0n) is 9.98. The highest BCUT2D eigenvalue weighted by molar-refractivity contribution is 9.10. The van der Waals surface area contributed by atoms with E-state index in [1.165, 1.54) is 12.1 Å². The Morgan fingerprint density at radius 3 is 2.53 bits per heavy atom. The van der Waals surface area contributed by atoms with E-state index in [-0.39, 0.29) is 10.5 Å². The van der Waals surface area contributed by atoms with Gasteiger partial charge in [0.2, 0.25) is 5.56 Å². The van der Waals surface area contributed by atoms with E-state index < -0.39 is 10.0 Å². The molecule has 5 nitrogen and oxygen atoms in total. The molecule has 0 amide bonds. The molecular formula is C12H11BrN2O3S. The number of nitrogens with one attached hydrogen (secondary N) is 2. The lowest BCUT2D eigenvalue weighted by molar-refractivity contribution is 0.600. The molecule has 1 heterocycles. The van der Waals surface area contributed by atoms with Crippen molar-refractivity contribution in [3.05, 3.63) is 56.9 Å². The van der Waals surface area contributed by atoms with Gasteiger partial charge in [-0.3, -0.25) is 9.52 Å². The van der Waals surface area contributed by atoms with E-state index in [1.54, 1.807) is 18.2 Å². The van der Waals surface area contributed by atoms with Gasteiger partial charge in [-0.15, -0.1) is 0 Å². The van der Waals surface area contributed by atoms with Crippen LogP contribution >= 0.6 is 15.9 Å². The minimum Gasteiger partial charge on any atom is -0.328 e. The minimum atomic E-state index is -3.70. The summed E-state index contributed by atoms with van der Waals surface area (Å²) in [6.45, 7) is 1.86. The van der Waals surface area contributed by atoms with Crippen LogP contribution < -0.4 is 10.3 Å². The highest BCUT2D eigenvalue weighted by atomic mass is 79.9. The third-order valence-corrected chi connectivity index (χ3v) is 4.74. The molecule has 2 aromatic rings. The first-order valence-corrected chi connectivity index (χ1v) is 7.64. The number of sulfonamides is 1. The number of rotatable bonds is 3. The van der Waals surface area contributed by atoms with E-state index in [9.17, 15) is 13.2 Å². The maximum atomic E-state index is 12.1. The van der Waals surface area contributed by atoms with Gasteiger partial charge in [0, 0.05) is 22.4 Å². The molecule has 0 bridgehead atoms. The fraction of sp³-hybridized carbons (Fsp3) is 0.0833. The molecule has 100 valence electrons. The van der Waals surface area contributed by atoms with Crippen molar-refractivity contribution in [2.75, 3.05) is 4.72 Å². The third-order valence-electron chi connectivity index (χ3n) is 2.48. The van der Waals surface area contributed by atoms with Crippen molar-refractivity contribution in [2.24, 2.45) is 0 Å². The summed E-state index contributed by atoms with van der Waals surface area (Å²) < 4.78 is 27.5. The van der Waals surface area contributed by atoms with Crippen LogP contribution in [0.4, 0.5) is 5.69 Å². The minimum absolute atomic E-state index is 0.00710. The predicted molar refractivity (Wildman–Crippen MR) is 76.8 cm³/mol. The number of aromatic nitrogens is 1. The average molecular weight is 343 g/mol. The van der Waals surface area contributed by atoms with Gasteiger partial charge in [-0.25, -0.2) is 8.42 Å². The molecule has 0 atom stereocenters. The summed E-state index contributed by atoms with van der Waals surface area (Å²) in [4.78, 5) is 13.3. The molecule has 0 aliphatic carbocycles. The van der Waals surface area contributed by atoms with E-state index in [4.69, 9.17) is 0 Å². The van der Waals surface area contributed by atoms with Crippen LogP contribution in [0, 0.1) is 6.92 Å². The van der Waals surface area contributed by atoms with Crippen LogP contribution in [0.2, 0.25) is 0 Å². The fourth-order valence-electron chi connectivity index (χ4n) is 1.49. The highest BCUT2D eigenvalue weighted by Crippen LogP contribution is 2.22. The van der Waals surface area contributed by atoms with Crippen LogP contribution in [0.5, 0.6) is 0 Å². The summed E-state index contributed by atoms with van der Waals surface area (Å²) in [5.41, 5.74) is 1.03. The smallest absolute Gasteiger partial charge is 0.263 e. The zero-order chi connectivity index (χ0) is 14.0. The molecule has 0 fully saturated rings. The molecule has 1 aromatic heterocycles. The van der Waals surface area contributed by atoms with Gasteiger partial charge in [-0.2, -0.15) is 0 Å². The van der Waals surface area contributed by atoms with Gasteiger partial charge >= 0.3 is 0 Å². The topological polar surface area (TPSA) is 79.0 Å². The van der Waals surface area contributed by atoms with Gasteiger partial charge in [0.15, 0.2) is 0 Å². The van der Waals surface area contributed by atoms with E-state index in [0.29, 0.717) is 5.69 Å². The summed E-state index contributed by atoms with van der Waals surface area (Å²) in [5.74, 6) is 0. The Morgan fingerprint density at radius 1 is 1.21 bits per heavy atom. The van der Waals surface area contributed by atoms with Crippen molar-refractivity contribution in [3.8, 4) is 0 Å². The number of benzene rings is 1. The standard InChI is InChI=1S/C12H11BrN2O3S/c1-8-6-9(2-4-11(8)13)15-19(17,18)10-3-5-12(16)14-7-10/h2-7,15H,1H3,(H,14,16). The average Bonchev–Trinajstić information content (AvgIpc) is 2.34. The molecule has 0 radical (unpaired) electrons. The summed E-state index contributed by atoms with van der Waals surface area (Å²) in [6, 6.07) is 7.56. The fourth-order valence-corrected chi connectivity index (χ4v) is 2.75. The lowest BCUT2D eigenvalue weighted by Crippen LogP contribution is -2.15. The van der Waals surface area contributed by atoms with Crippen LogP contribution in [0.15, 0.2) is 50.7 Å². The molecule has 0 aliphatic rings. The first-order valence-electron chi connectivity index (χ1n) is 5.36. The van der Waals surface area contributed by atoms with Gasteiger partial charge in [-0.1, -0.05) is 15.9 Å². The van der Waals surface area contributed by atoms with Crippen LogP contribution in [-0.4, -0.2) is 13.4 Å². The molecule has 0 unspecified atom stereocenters. The molecule has 19 heavy (non-hydrogen) atoms. The molecule has 1 aromatic carbocycles. The van der Waals surface area contributed by atoms with Gasteiger partial charge < -0.3 is 4.98 Å². The Hall–Kier alpha value is -1.60. The number of anilines is 1. The molecule has 0 saturated heterocycles. The van der Waals surface area contributed by atoms with Crippen molar-refractivity contribution in [3.63, 3.8) is 0 Å². The van der Waals surface area contributed by atoms with E-state index in [2.05, 4.69) is 25.6 Å². The Bertz CT molecular complexity index is 748. The summed E-state index contributed by atoms with van der Waals surface area (Å²) in [6.07, 6.45) is 1.16. The zero-order valence-corrected chi connectivity index (χ0v) is 12.4. The second kappa shape index (κ2) is 5.18. The van der Waals surface area contributed by atoms with E-state index in [0.717, 1.165) is 16.2 Å². The van der Waals surface area contributed by atoms with Crippen molar-refractivity contribution in [1.29, 1.82) is 0 Å². The Morgan fingerprint density at radius 2 is 1.95 bits per heavy atom. The van der Waals surface area contributed by atoms with Crippen LogP contribution in [0.25, 0.3) is 0 Å². The van der Waals surface area contributed by atoms with Crippen LogP contribution in [-0.2, 0) is 10.0 Å². The number of halogens is 1. The lowest BCUT2D eigenvalue weighted by atomic mass is 10.2. The summed E-state index contributed by atoms with van der Waals surface area (Å²) >= 11 is 3.34. The monoisotopic (exact) mass is 342 g/mol. The number of pyridine rings is 1. The quantitative estimate of drug-likeness (QED) is 0.897. The van der Waals surface area contributed by atoms with E-state index >= 15 is 0 Å². The molecule has 2 rings (SSSR count). The second-order valence-corrected chi connectivity index (χ2v) is 6.49. The largest absolute Gasteiger partial charge is 0.328 e. The molecule has 7 heteroatoms. The maximum absolute atomic E-state index is 12.1. The Labute approximate surface area is 118 Å². The third kappa shape index (κ3) is 3.24. The number of aromatic amines is 1. The van der Waals surface area contributed by atoms with Crippen LogP contribution in [0.3, 0.4) is 0 Å². The first kappa shape index (κ1) is 13.8. The SMILES string of the molecule is Cc1cc(NS(=O)(=O)c2ccc(=O)[nH]c2)ccc1Br. The molecular weight excluding hydrogens is 332 g/mol. The van der Waals surface area contributed by atoms with Gasteiger partial charge in [0.25, 0.3) is 10.0 Å². The molecule has 0 spiro atoms. The summed E-state index contributed by atoms with van der Waals surface area (Å²) in [7, 11) is -3.70. The van der Waals surface area contributed by atoms with Crippen molar-refractivity contribution in [2.45, 2.75) is 11.8 Å². The maximum Gasteiger partial charge on any atom is 0.263 e. The first-order chi connectivity index (χ1) is 8.88. The number of hydrogen-bond donors (Lipinski definition) is 2. The number of hydrogen-bond acceptors (Lipinski definition) is 3. The Balaban J connectivity index is 2.33. The van der Waals surface area contributed by atoms with Crippen LogP contribution in [0.1, 0.15) is 5.56 Å². The lowest BCUT2D eigenvalue weighted by Gasteiger charge is -2.09. The Kier molecular flexibility index (Phi) is 3.77.